The van der Waals surface area contributed by atoms with Crippen LogP contribution in [0.5, 0.6) is 5.75 Å². The van der Waals surface area contributed by atoms with E-state index in [4.69, 9.17) is 9.47 Å². The minimum absolute atomic E-state index is 0.0118. The van der Waals surface area contributed by atoms with E-state index in [-0.39, 0.29) is 11.9 Å². The highest BCUT2D eigenvalue weighted by atomic mass is 16.5. The molecular formula is C19H21NO3. The van der Waals surface area contributed by atoms with Crippen molar-refractivity contribution in [1.29, 1.82) is 0 Å². The Balaban J connectivity index is 1.89. The molecule has 0 spiro atoms. The molecule has 3 rings (SSSR count). The summed E-state index contributed by atoms with van der Waals surface area (Å²) in [7, 11) is 1.58. The molecule has 1 aliphatic rings. The predicted molar refractivity (Wildman–Crippen MR) is 89.8 cm³/mol. The molecule has 1 saturated heterocycles. The van der Waals surface area contributed by atoms with Crippen LogP contribution in [-0.2, 0) is 9.53 Å². The lowest BCUT2D eigenvalue weighted by molar-refractivity contribution is -0.139. The van der Waals surface area contributed by atoms with Gasteiger partial charge in [-0.15, -0.1) is 0 Å². The van der Waals surface area contributed by atoms with Gasteiger partial charge in [-0.3, -0.25) is 9.69 Å². The number of benzene rings is 2. The molecule has 0 unspecified atom stereocenters. The van der Waals surface area contributed by atoms with Gasteiger partial charge < -0.3 is 9.47 Å². The molecule has 120 valence electrons. The molecule has 0 aromatic heterocycles. The summed E-state index contributed by atoms with van der Waals surface area (Å²) in [4.78, 5) is 14.2. The van der Waals surface area contributed by atoms with E-state index in [0.29, 0.717) is 6.61 Å². The van der Waals surface area contributed by atoms with Crippen molar-refractivity contribution in [1.82, 2.24) is 0 Å². The highest BCUT2D eigenvalue weighted by Gasteiger charge is 2.49. The summed E-state index contributed by atoms with van der Waals surface area (Å²) in [5.41, 5.74) is 3.13. The molecule has 1 aliphatic heterocycles. The number of hydrogen-bond acceptors (Lipinski definition) is 3. The Bertz CT molecular complexity index is 679. The smallest absolute Gasteiger partial charge is 0.259 e. The average Bonchev–Trinajstić information content (AvgIpc) is 2.56. The van der Waals surface area contributed by atoms with E-state index in [1.807, 2.05) is 38.1 Å². The number of hydrogen-bond donors (Lipinski definition) is 0. The molecule has 1 heterocycles. The van der Waals surface area contributed by atoms with Gasteiger partial charge in [0.05, 0.1) is 12.6 Å². The zero-order valence-electron chi connectivity index (χ0n) is 13.7. The topological polar surface area (TPSA) is 38.8 Å². The van der Waals surface area contributed by atoms with E-state index in [2.05, 4.69) is 24.3 Å². The van der Waals surface area contributed by atoms with Crippen molar-refractivity contribution in [3.63, 3.8) is 0 Å². The van der Waals surface area contributed by atoms with E-state index < -0.39 is 6.10 Å². The van der Waals surface area contributed by atoms with Gasteiger partial charge in [0.25, 0.3) is 5.91 Å². The number of β-lactam (4-membered cyclic amide) rings is 1. The Morgan fingerprint density at radius 2 is 1.70 bits per heavy atom. The van der Waals surface area contributed by atoms with Crippen LogP contribution in [0.2, 0.25) is 0 Å². The lowest BCUT2D eigenvalue weighted by atomic mass is 9.89. The number of carbonyl (C=O) groups is 1. The third-order valence-electron chi connectivity index (χ3n) is 4.14. The Labute approximate surface area is 136 Å². The van der Waals surface area contributed by atoms with Crippen molar-refractivity contribution in [2.45, 2.75) is 26.0 Å². The SMILES string of the molecule is CCOc1ccc(N2C(=O)[C@@H](OC)[C@H]2c2ccc(C)cc2)cc1. The highest BCUT2D eigenvalue weighted by Crippen LogP contribution is 2.41. The number of anilines is 1. The minimum Gasteiger partial charge on any atom is -0.494 e. The first kappa shape index (κ1) is 15.6. The Morgan fingerprint density at radius 1 is 1.04 bits per heavy atom. The number of aryl methyl sites for hydroxylation is 1. The molecule has 0 radical (unpaired) electrons. The quantitative estimate of drug-likeness (QED) is 0.793. The second-order valence-electron chi connectivity index (χ2n) is 5.65. The minimum atomic E-state index is -0.427. The molecule has 0 aliphatic carbocycles. The Hall–Kier alpha value is -2.33. The summed E-state index contributed by atoms with van der Waals surface area (Å²) in [6.45, 7) is 4.62. The molecule has 2 atom stereocenters. The zero-order chi connectivity index (χ0) is 16.4. The molecule has 2 aromatic rings. The number of carbonyl (C=O) groups excluding carboxylic acids is 1. The Morgan fingerprint density at radius 3 is 2.26 bits per heavy atom. The lowest BCUT2D eigenvalue weighted by Gasteiger charge is -2.46. The van der Waals surface area contributed by atoms with Gasteiger partial charge in [0.15, 0.2) is 6.10 Å². The first-order valence-electron chi connectivity index (χ1n) is 7.81. The molecular weight excluding hydrogens is 290 g/mol. The predicted octanol–water partition coefficient (Wildman–Crippen LogP) is 3.50. The maximum atomic E-state index is 12.4. The van der Waals surface area contributed by atoms with Gasteiger partial charge in [-0.25, -0.2) is 0 Å². The van der Waals surface area contributed by atoms with Crippen molar-refractivity contribution in [3.05, 3.63) is 59.7 Å². The van der Waals surface area contributed by atoms with Gasteiger partial charge in [0, 0.05) is 12.8 Å². The summed E-state index contributed by atoms with van der Waals surface area (Å²) in [5.74, 6) is 0.793. The first-order chi connectivity index (χ1) is 11.2. The fraction of sp³-hybridized carbons (Fsp3) is 0.316. The summed E-state index contributed by atoms with van der Waals surface area (Å²) < 4.78 is 10.9. The summed E-state index contributed by atoms with van der Waals surface area (Å²) in [5, 5.41) is 0. The van der Waals surface area contributed by atoms with Crippen LogP contribution in [0, 0.1) is 6.92 Å². The fourth-order valence-electron chi connectivity index (χ4n) is 2.94. The second kappa shape index (κ2) is 6.42. The van der Waals surface area contributed by atoms with Crippen LogP contribution < -0.4 is 9.64 Å². The number of ether oxygens (including phenoxy) is 2. The number of amides is 1. The van der Waals surface area contributed by atoms with Crippen molar-refractivity contribution in [2.75, 3.05) is 18.6 Å². The first-order valence-corrected chi connectivity index (χ1v) is 7.81. The van der Waals surface area contributed by atoms with E-state index in [9.17, 15) is 4.79 Å². The van der Waals surface area contributed by atoms with Crippen LogP contribution in [0.3, 0.4) is 0 Å². The van der Waals surface area contributed by atoms with E-state index in [1.165, 1.54) is 5.56 Å². The number of methoxy groups -OCH3 is 1. The van der Waals surface area contributed by atoms with Crippen LogP contribution in [0.1, 0.15) is 24.1 Å². The van der Waals surface area contributed by atoms with Crippen molar-refractivity contribution in [2.24, 2.45) is 0 Å². The maximum absolute atomic E-state index is 12.4. The van der Waals surface area contributed by atoms with Gasteiger partial charge in [-0.05, 0) is 43.7 Å². The zero-order valence-corrected chi connectivity index (χ0v) is 13.7. The van der Waals surface area contributed by atoms with Crippen LogP contribution in [0.25, 0.3) is 0 Å². The number of rotatable bonds is 5. The van der Waals surface area contributed by atoms with Gasteiger partial charge in [0.1, 0.15) is 5.75 Å². The van der Waals surface area contributed by atoms with Crippen LogP contribution >= 0.6 is 0 Å². The highest BCUT2D eigenvalue weighted by molar-refractivity contribution is 6.05. The van der Waals surface area contributed by atoms with Crippen LogP contribution in [-0.4, -0.2) is 25.7 Å². The molecule has 4 nitrogen and oxygen atoms in total. The third-order valence-corrected chi connectivity index (χ3v) is 4.14. The molecule has 2 aromatic carbocycles. The molecule has 0 N–H and O–H groups in total. The van der Waals surface area contributed by atoms with E-state index >= 15 is 0 Å². The van der Waals surface area contributed by atoms with E-state index in [1.54, 1.807) is 12.0 Å². The third kappa shape index (κ3) is 2.82. The van der Waals surface area contributed by atoms with Crippen molar-refractivity contribution in [3.8, 4) is 5.75 Å². The molecule has 4 heteroatoms. The maximum Gasteiger partial charge on any atom is 0.259 e. The molecule has 1 fully saturated rings. The molecule has 23 heavy (non-hydrogen) atoms. The summed E-state index contributed by atoms with van der Waals surface area (Å²) in [6.07, 6.45) is -0.427. The lowest BCUT2D eigenvalue weighted by Crippen LogP contribution is -2.60. The number of nitrogens with zero attached hydrogens (tertiary/aromatic N) is 1. The van der Waals surface area contributed by atoms with Crippen molar-refractivity contribution < 1.29 is 14.3 Å². The summed E-state index contributed by atoms with van der Waals surface area (Å²) >= 11 is 0. The second-order valence-corrected chi connectivity index (χ2v) is 5.65. The van der Waals surface area contributed by atoms with E-state index in [0.717, 1.165) is 17.0 Å². The molecule has 0 bridgehead atoms. The largest absolute Gasteiger partial charge is 0.494 e. The fourth-order valence-corrected chi connectivity index (χ4v) is 2.94. The standard InChI is InChI=1S/C19H21NO3/c1-4-23-16-11-9-15(10-12-16)20-17(18(22-3)19(20)21)14-7-5-13(2)6-8-14/h5-12,17-18H,4H2,1-3H3/t17-,18+/m1/s1. The van der Waals surface area contributed by atoms with Gasteiger partial charge in [-0.1, -0.05) is 29.8 Å². The summed E-state index contributed by atoms with van der Waals surface area (Å²) in [6, 6.07) is 15.7. The monoisotopic (exact) mass is 311 g/mol. The van der Waals surface area contributed by atoms with Crippen molar-refractivity contribution >= 4 is 11.6 Å². The van der Waals surface area contributed by atoms with Crippen LogP contribution in [0.15, 0.2) is 48.5 Å². The molecule has 1 amide bonds. The van der Waals surface area contributed by atoms with Gasteiger partial charge in [0.2, 0.25) is 0 Å². The average molecular weight is 311 g/mol. The Kier molecular flexibility index (Phi) is 4.35. The van der Waals surface area contributed by atoms with Crippen LogP contribution in [0.4, 0.5) is 5.69 Å². The normalized spacial score (nSPS) is 20.3. The van der Waals surface area contributed by atoms with Gasteiger partial charge in [-0.2, -0.15) is 0 Å². The van der Waals surface area contributed by atoms with Gasteiger partial charge >= 0.3 is 0 Å². The molecule has 0 saturated carbocycles.